The zero-order valence-corrected chi connectivity index (χ0v) is 17.6. The molecule has 30 heavy (non-hydrogen) atoms. The van der Waals surface area contributed by atoms with Gasteiger partial charge >= 0.3 is 0 Å². The molecule has 0 bridgehead atoms. The first-order chi connectivity index (χ1) is 14.5. The zero-order chi connectivity index (χ0) is 20.8. The minimum absolute atomic E-state index is 0.0643. The van der Waals surface area contributed by atoms with E-state index in [9.17, 15) is 9.90 Å². The first kappa shape index (κ1) is 19.0. The Kier molecular flexibility index (Phi) is 4.66. The van der Waals surface area contributed by atoms with Crippen LogP contribution >= 0.6 is 11.8 Å². The van der Waals surface area contributed by atoms with Crippen LogP contribution in [-0.4, -0.2) is 22.3 Å². The molecule has 1 aromatic heterocycles. The van der Waals surface area contributed by atoms with Crippen LogP contribution in [0.25, 0.3) is 0 Å². The van der Waals surface area contributed by atoms with Crippen LogP contribution in [0.4, 0.5) is 5.88 Å². The number of phenols is 1. The largest absolute Gasteiger partial charge is 0.508 e. The summed E-state index contributed by atoms with van der Waals surface area (Å²) in [5.41, 5.74) is 5.60. The molecular formula is C24H22N2O3S. The van der Waals surface area contributed by atoms with Crippen molar-refractivity contribution in [1.82, 2.24) is 5.16 Å². The number of nitrogens with zero attached hydrogens (tertiary/aromatic N) is 1. The maximum absolute atomic E-state index is 13.4. The molecule has 0 radical (unpaired) electrons. The average molecular weight is 419 g/mol. The number of carbonyl (C=O) groups excluding carboxylic acids is 1. The summed E-state index contributed by atoms with van der Waals surface area (Å²) >= 11 is 1.70. The number of thioether (sulfide) groups is 1. The van der Waals surface area contributed by atoms with Crippen LogP contribution in [0.3, 0.4) is 0 Å². The summed E-state index contributed by atoms with van der Waals surface area (Å²) in [7, 11) is 0. The molecule has 2 aliphatic rings. The highest BCUT2D eigenvalue weighted by Gasteiger charge is 2.41. The predicted octanol–water partition coefficient (Wildman–Crippen LogP) is 5.37. The van der Waals surface area contributed by atoms with E-state index in [0.717, 1.165) is 33.7 Å². The summed E-state index contributed by atoms with van der Waals surface area (Å²) in [5, 5.41) is 17.1. The second-order valence-corrected chi connectivity index (χ2v) is 8.73. The van der Waals surface area contributed by atoms with Gasteiger partial charge in [-0.15, -0.1) is 11.8 Å². The number of anilines is 1. The Balaban J connectivity index is 1.59. The van der Waals surface area contributed by atoms with Crippen LogP contribution in [0, 0.1) is 6.92 Å². The number of rotatable bonds is 3. The number of benzene rings is 2. The van der Waals surface area contributed by atoms with Gasteiger partial charge in [0.25, 0.3) is 0 Å². The van der Waals surface area contributed by atoms with E-state index < -0.39 is 0 Å². The van der Waals surface area contributed by atoms with Crippen molar-refractivity contribution in [3.05, 3.63) is 82.2 Å². The third-order valence-corrected chi connectivity index (χ3v) is 6.82. The van der Waals surface area contributed by atoms with Crippen molar-refractivity contribution >= 4 is 23.4 Å². The number of aryl methyl sites for hydroxylation is 1. The lowest BCUT2D eigenvalue weighted by atomic mass is 9.72. The van der Waals surface area contributed by atoms with Gasteiger partial charge in [-0.25, -0.2) is 0 Å². The number of fused-ring (bicyclic) bond motifs is 1. The Morgan fingerprint density at radius 2 is 1.77 bits per heavy atom. The quantitative estimate of drug-likeness (QED) is 0.557. The fourth-order valence-corrected chi connectivity index (χ4v) is 4.99. The van der Waals surface area contributed by atoms with Crippen LogP contribution in [-0.2, 0) is 4.79 Å². The van der Waals surface area contributed by atoms with Gasteiger partial charge in [-0.1, -0.05) is 29.4 Å². The lowest BCUT2D eigenvalue weighted by Gasteiger charge is -2.34. The molecule has 1 aliphatic carbocycles. The van der Waals surface area contributed by atoms with Crippen molar-refractivity contribution < 1.29 is 14.4 Å². The molecule has 0 saturated carbocycles. The molecule has 0 amide bonds. The first-order valence-corrected chi connectivity index (χ1v) is 11.2. The van der Waals surface area contributed by atoms with Crippen LogP contribution < -0.4 is 5.32 Å². The van der Waals surface area contributed by atoms with Gasteiger partial charge in [0.1, 0.15) is 5.75 Å². The molecule has 1 aliphatic heterocycles. The summed E-state index contributed by atoms with van der Waals surface area (Å²) in [6.07, 6.45) is 3.21. The van der Waals surface area contributed by atoms with Crippen molar-refractivity contribution in [2.24, 2.45) is 0 Å². The fourth-order valence-electron chi connectivity index (χ4n) is 4.58. The van der Waals surface area contributed by atoms with Gasteiger partial charge in [0.15, 0.2) is 5.78 Å². The summed E-state index contributed by atoms with van der Waals surface area (Å²) in [5.74, 6) is 0.893. The molecule has 5 rings (SSSR count). The second kappa shape index (κ2) is 7.36. The van der Waals surface area contributed by atoms with Gasteiger partial charge in [0.2, 0.25) is 5.88 Å². The van der Waals surface area contributed by atoms with E-state index in [1.165, 1.54) is 4.90 Å². The number of ketones is 1. The van der Waals surface area contributed by atoms with Crippen molar-refractivity contribution in [2.75, 3.05) is 11.6 Å². The lowest BCUT2D eigenvalue weighted by molar-refractivity contribution is -0.116. The molecule has 0 saturated heterocycles. The van der Waals surface area contributed by atoms with E-state index in [1.54, 1.807) is 23.9 Å². The minimum atomic E-state index is -0.174. The summed E-state index contributed by atoms with van der Waals surface area (Å²) in [4.78, 5) is 14.6. The number of nitrogens with one attached hydrogen (secondary N) is 1. The number of aromatic hydroxyl groups is 1. The number of Topliss-reactive ketones (excluding diaryl/α,β-unsaturated/α-hetero) is 1. The first-order valence-electron chi connectivity index (χ1n) is 9.97. The zero-order valence-electron chi connectivity index (χ0n) is 16.8. The highest BCUT2D eigenvalue weighted by atomic mass is 32.2. The van der Waals surface area contributed by atoms with Crippen molar-refractivity contribution in [3.63, 3.8) is 0 Å². The highest BCUT2D eigenvalue weighted by Crippen LogP contribution is 2.49. The fraction of sp³-hybridized carbons (Fsp3) is 0.250. The second-order valence-electron chi connectivity index (χ2n) is 7.85. The molecule has 0 spiro atoms. The maximum Gasteiger partial charge on any atom is 0.233 e. The van der Waals surface area contributed by atoms with E-state index in [2.05, 4.69) is 41.0 Å². The van der Waals surface area contributed by atoms with Crippen LogP contribution in [0.5, 0.6) is 5.75 Å². The molecule has 2 aromatic carbocycles. The predicted molar refractivity (Wildman–Crippen MR) is 117 cm³/mol. The molecule has 0 fully saturated rings. The Morgan fingerprint density at radius 3 is 2.47 bits per heavy atom. The Morgan fingerprint density at radius 1 is 1.07 bits per heavy atom. The van der Waals surface area contributed by atoms with Gasteiger partial charge in [0, 0.05) is 28.5 Å². The van der Waals surface area contributed by atoms with Crippen molar-refractivity contribution in [1.29, 1.82) is 0 Å². The van der Waals surface area contributed by atoms with Gasteiger partial charge in [-0.2, -0.15) is 0 Å². The smallest absolute Gasteiger partial charge is 0.233 e. The molecule has 152 valence electrons. The number of carbonyl (C=O) groups is 1. The third-order valence-electron chi connectivity index (χ3n) is 6.07. The molecule has 2 N–H and O–H groups in total. The van der Waals surface area contributed by atoms with E-state index >= 15 is 0 Å². The van der Waals surface area contributed by atoms with E-state index in [1.807, 2.05) is 19.1 Å². The van der Waals surface area contributed by atoms with Crippen molar-refractivity contribution in [2.45, 2.75) is 36.5 Å². The molecule has 3 aromatic rings. The molecule has 5 nitrogen and oxygen atoms in total. The van der Waals surface area contributed by atoms with Crippen molar-refractivity contribution in [3.8, 4) is 5.75 Å². The van der Waals surface area contributed by atoms with Crippen LogP contribution in [0.15, 0.2) is 69.2 Å². The summed E-state index contributed by atoms with van der Waals surface area (Å²) in [6, 6.07) is 15.5. The van der Waals surface area contributed by atoms with Crippen LogP contribution in [0.1, 0.15) is 47.1 Å². The van der Waals surface area contributed by atoms with E-state index in [-0.39, 0.29) is 23.4 Å². The average Bonchev–Trinajstić information content (AvgIpc) is 3.13. The Hall–Kier alpha value is -2.99. The van der Waals surface area contributed by atoms with Gasteiger partial charge in [-0.05, 0) is 60.9 Å². The standard InChI is InChI=1S/C24H22N2O3S/c1-13-21-22(15-5-9-18(30-2)10-6-15)23-19(25-24(21)29-26-13)11-16(12-20(23)28)14-3-7-17(27)8-4-14/h3-10,16,22,25,27H,11-12H2,1-2H3/t16-,22+/m0/s1. The van der Waals surface area contributed by atoms with Crippen LogP contribution in [0.2, 0.25) is 0 Å². The molecule has 2 atom stereocenters. The number of allylic oxidation sites excluding steroid dienone is 2. The molecule has 0 unspecified atom stereocenters. The van der Waals surface area contributed by atoms with E-state index in [4.69, 9.17) is 4.52 Å². The SMILES string of the molecule is CSc1ccc([C@H]2C3=C(C[C@H](c4ccc(O)cc4)CC3=O)Nc3onc(C)c32)cc1. The van der Waals surface area contributed by atoms with Gasteiger partial charge in [0.05, 0.1) is 11.3 Å². The number of hydrogen-bond donors (Lipinski definition) is 2. The molecule has 6 heteroatoms. The monoisotopic (exact) mass is 418 g/mol. The number of phenolic OH excluding ortho intramolecular Hbond substituents is 1. The maximum atomic E-state index is 13.4. The summed E-state index contributed by atoms with van der Waals surface area (Å²) < 4.78 is 5.58. The lowest BCUT2D eigenvalue weighted by Crippen LogP contribution is -2.29. The Labute approximate surface area is 179 Å². The third kappa shape index (κ3) is 3.12. The summed E-state index contributed by atoms with van der Waals surface area (Å²) in [6.45, 7) is 1.92. The minimum Gasteiger partial charge on any atom is -0.508 e. The topological polar surface area (TPSA) is 75.4 Å². The molecular weight excluding hydrogens is 396 g/mol. The van der Waals surface area contributed by atoms with Gasteiger partial charge in [-0.3, -0.25) is 4.79 Å². The highest BCUT2D eigenvalue weighted by molar-refractivity contribution is 7.98. The van der Waals surface area contributed by atoms with E-state index in [0.29, 0.717) is 18.7 Å². The number of hydrogen-bond acceptors (Lipinski definition) is 6. The normalized spacial score (nSPS) is 20.5. The number of aromatic nitrogens is 1. The van der Waals surface area contributed by atoms with Gasteiger partial charge < -0.3 is 14.9 Å². The Bertz CT molecular complexity index is 1150. The molecule has 2 heterocycles.